The van der Waals surface area contributed by atoms with Crippen LogP contribution in [0.25, 0.3) is 0 Å². The van der Waals surface area contributed by atoms with E-state index in [9.17, 15) is 4.79 Å². The number of rotatable bonds is 5. The van der Waals surface area contributed by atoms with Crippen LogP contribution < -0.4 is 10.2 Å². The Morgan fingerprint density at radius 1 is 1.07 bits per heavy atom. The van der Waals surface area contributed by atoms with Crippen molar-refractivity contribution in [2.45, 2.75) is 38.9 Å². The highest BCUT2D eigenvalue weighted by atomic mass is 16.5. The van der Waals surface area contributed by atoms with Crippen molar-refractivity contribution in [1.29, 1.82) is 0 Å². The number of ether oxygens (including phenoxy) is 1. The van der Waals surface area contributed by atoms with Crippen LogP contribution in [0.4, 0.5) is 0 Å². The highest BCUT2D eigenvalue weighted by Crippen LogP contribution is 2.32. The molecule has 4 rings (SSSR count). The van der Waals surface area contributed by atoms with Crippen LogP contribution in [0.3, 0.4) is 0 Å². The summed E-state index contributed by atoms with van der Waals surface area (Å²) in [6.07, 6.45) is 4.59. The van der Waals surface area contributed by atoms with E-state index in [1.54, 1.807) is 0 Å². The van der Waals surface area contributed by atoms with Gasteiger partial charge in [0.15, 0.2) is 0 Å². The predicted molar refractivity (Wildman–Crippen MR) is 105 cm³/mol. The van der Waals surface area contributed by atoms with E-state index in [-0.39, 0.29) is 18.0 Å². The van der Waals surface area contributed by atoms with Gasteiger partial charge in [0.05, 0.1) is 19.2 Å². The minimum atomic E-state index is -0.169. The van der Waals surface area contributed by atoms with Gasteiger partial charge < -0.3 is 14.6 Å². The maximum atomic E-state index is 13.0. The molecule has 1 fully saturated rings. The number of nitrogens with one attached hydrogen (secondary N) is 1. The van der Waals surface area contributed by atoms with Crippen molar-refractivity contribution in [3.05, 3.63) is 77.6 Å². The van der Waals surface area contributed by atoms with E-state index in [2.05, 4.69) is 48.7 Å². The Kier molecular flexibility index (Phi) is 4.86. The Hall–Kier alpha value is -2.79. The molecule has 2 aromatic carbocycles. The molecule has 1 amide bonds. The molecular weight excluding hydrogens is 338 g/mol. The molecule has 0 saturated carbocycles. The third-order valence-electron chi connectivity index (χ3n) is 5.14. The molecule has 2 atom stereocenters. The molecule has 0 radical (unpaired) electrons. The zero-order valence-electron chi connectivity index (χ0n) is 15.8. The molecule has 140 valence electrons. The van der Waals surface area contributed by atoms with Gasteiger partial charge in [-0.1, -0.05) is 42.0 Å². The minimum Gasteiger partial charge on any atom is -0.494 e. The van der Waals surface area contributed by atoms with Gasteiger partial charge in [-0.3, -0.25) is 4.79 Å². The number of hydrazine groups is 1. The van der Waals surface area contributed by atoms with E-state index in [0.717, 1.165) is 17.7 Å². The molecule has 2 aliphatic rings. The molecule has 2 heterocycles. The topological polar surface area (TPSA) is 44.8 Å². The van der Waals surface area contributed by atoms with Crippen LogP contribution in [0.5, 0.6) is 5.75 Å². The number of carbonyl (C=O) groups excluding carboxylic acids is 1. The SMILES string of the molecule is CCOc1ccc(C2CC3C(=O)N(Cc4ccc(C)cc4)C=CN3N2)cc1. The first-order valence-corrected chi connectivity index (χ1v) is 9.45. The van der Waals surface area contributed by atoms with Gasteiger partial charge in [-0.25, -0.2) is 5.43 Å². The van der Waals surface area contributed by atoms with E-state index in [1.165, 1.54) is 11.1 Å². The second kappa shape index (κ2) is 7.45. The number of hydrogen-bond acceptors (Lipinski definition) is 4. The summed E-state index contributed by atoms with van der Waals surface area (Å²) in [5.41, 5.74) is 6.97. The van der Waals surface area contributed by atoms with Gasteiger partial charge in [0, 0.05) is 12.4 Å². The van der Waals surface area contributed by atoms with Gasteiger partial charge >= 0.3 is 0 Å². The lowest BCUT2D eigenvalue weighted by atomic mass is 10.0. The Balaban J connectivity index is 1.44. The number of amides is 1. The van der Waals surface area contributed by atoms with E-state index in [1.807, 2.05) is 41.4 Å². The van der Waals surface area contributed by atoms with Crippen LogP contribution in [0.15, 0.2) is 60.9 Å². The molecule has 2 unspecified atom stereocenters. The zero-order chi connectivity index (χ0) is 18.8. The standard InChI is InChI=1S/C22H25N3O2/c1-3-27-19-10-8-18(9-11-19)20-14-21-22(26)24(12-13-25(21)23-20)15-17-6-4-16(2)5-7-17/h4-13,20-21,23H,3,14-15H2,1-2H3. The average Bonchev–Trinajstić information content (AvgIpc) is 3.12. The Morgan fingerprint density at radius 2 is 1.81 bits per heavy atom. The Labute approximate surface area is 160 Å². The van der Waals surface area contributed by atoms with Crippen molar-refractivity contribution in [1.82, 2.24) is 15.3 Å². The van der Waals surface area contributed by atoms with Crippen LogP contribution in [0.1, 0.15) is 36.1 Å². The monoisotopic (exact) mass is 363 g/mol. The van der Waals surface area contributed by atoms with Gasteiger partial charge in [0.2, 0.25) is 0 Å². The van der Waals surface area contributed by atoms with Crippen LogP contribution in [-0.4, -0.2) is 28.5 Å². The molecule has 0 aliphatic carbocycles. The summed E-state index contributed by atoms with van der Waals surface area (Å²) in [5, 5.41) is 1.94. The van der Waals surface area contributed by atoms with E-state index in [0.29, 0.717) is 13.2 Å². The van der Waals surface area contributed by atoms with Gasteiger partial charge in [0.25, 0.3) is 5.91 Å². The van der Waals surface area contributed by atoms with Gasteiger partial charge in [0.1, 0.15) is 11.8 Å². The summed E-state index contributed by atoms with van der Waals surface area (Å²) in [6, 6.07) is 16.4. The number of benzene rings is 2. The lowest BCUT2D eigenvalue weighted by Gasteiger charge is -2.31. The minimum absolute atomic E-state index is 0.124. The van der Waals surface area contributed by atoms with Crippen LogP contribution in [-0.2, 0) is 11.3 Å². The third kappa shape index (κ3) is 3.69. The zero-order valence-corrected chi connectivity index (χ0v) is 15.8. The summed E-state index contributed by atoms with van der Waals surface area (Å²) in [6.45, 7) is 5.31. The fourth-order valence-electron chi connectivity index (χ4n) is 3.64. The maximum Gasteiger partial charge on any atom is 0.251 e. The lowest BCUT2D eigenvalue weighted by Crippen LogP contribution is -2.47. The van der Waals surface area contributed by atoms with Gasteiger partial charge in [-0.2, -0.15) is 0 Å². The lowest BCUT2D eigenvalue weighted by molar-refractivity contribution is -0.134. The quantitative estimate of drug-likeness (QED) is 0.883. The van der Waals surface area contributed by atoms with Crippen LogP contribution >= 0.6 is 0 Å². The van der Waals surface area contributed by atoms with E-state index in [4.69, 9.17) is 4.74 Å². The normalized spacial score (nSPS) is 21.5. The molecule has 0 aromatic heterocycles. The first-order chi connectivity index (χ1) is 13.1. The first kappa shape index (κ1) is 17.6. The number of hydrogen-bond donors (Lipinski definition) is 1. The maximum absolute atomic E-state index is 13.0. The van der Waals surface area contributed by atoms with Gasteiger partial charge in [-0.05, 0) is 43.5 Å². The number of nitrogens with zero attached hydrogens (tertiary/aromatic N) is 2. The number of aryl methyl sites for hydroxylation is 1. The van der Waals surface area contributed by atoms with Crippen molar-refractivity contribution in [2.75, 3.05) is 6.61 Å². The fourth-order valence-corrected chi connectivity index (χ4v) is 3.64. The molecule has 1 saturated heterocycles. The molecule has 2 aliphatic heterocycles. The summed E-state index contributed by atoms with van der Waals surface area (Å²) < 4.78 is 5.51. The second-order valence-electron chi connectivity index (χ2n) is 7.09. The van der Waals surface area contributed by atoms with Crippen molar-refractivity contribution in [3.8, 4) is 5.75 Å². The molecule has 5 nitrogen and oxygen atoms in total. The summed E-state index contributed by atoms with van der Waals surface area (Å²) in [7, 11) is 0. The molecule has 2 aromatic rings. The summed E-state index contributed by atoms with van der Waals surface area (Å²) in [4.78, 5) is 14.8. The van der Waals surface area contributed by atoms with Gasteiger partial charge in [-0.15, -0.1) is 0 Å². The number of carbonyl (C=O) groups is 1. The highest BCUT2D eigenvalue weighted by molar-refractivity contribution is 5.84. The molecule has 0 bridgehead atoms. The molecule has 0 spiro atoms. The third-order valence-corrected chi connectivity index (χ3v) is 5.14. The summed E-state index contributed by atoms with van der Waals surface area (Å²) in [5.74, 6) is 1.01. The summed E-state index contributed by atoms with van der Waals surface area (Å²) >= 11 is 0. The molecule has 1 N–H and O–H groups in total. The highest BCUT2D eigenvalue weighted by Gasteiger charge is 2.39. The van der Waals surface area contributed by atoms with E-state index < -0.39 is 0 Å². The van der Waals surface area contributed by atoms with Crippen LogP contribution in [0.2, 0.25) is 0 Å². The van der Waals surface area contributed by atoms with Crippen LogP contribution in [0, 0.1) is 6.92 Å². The fraction of sp³-hybridized carbons (Fsp3) is 0.318. The first-order valence-electron chi connectivity index (χ1n) is 9.45. The Morgan fingerprint density at radius 3 is 2.52 bits per heavy atom. The second-order valence-corrected chi connectivity index (χ2v) is 7.09. The smallest absolute Gasteiger partial charge is 0.251 e. The molecule has 27 heavy (non-hydrogen) atoms. The van der Waals surface area contributed by atoms with Crippen molar-refractivity contribution < 1.29 is 9.53 Å². The van der Waals surface area contributed by atoms with Crippen molar-refractivity contribution >= 4 is 5.91 Å². The Bertz CT molecular complexity index is 830. The average molecular weight is 363 g/mol. The molecular formula is C22H25N3O2. The number of fused-ring (bicyclic) bond motifs is 1. The predicted octanol–water partition coefficient (Wildman–Crippen LogP) is 3.53. The van der Waals surface area contributed by atoms with E-state index >= 15 is 0 Å². The molecule has 5 heteroatoms. The van der Waals surface area contributed by atoms with Crippen molar-refractivity contribution in [2.24, 2.45) is 0 Å². The largest absolute Gasteiger partial charge is 0.494 e. The van der Waals surface area contributed by atoms with Crippen molar-refractivity contribution in [3.63, 3.8) is 0 Å².